The molecule has 0 saturated heterocycles. The Hall–Kier alpha value is -1.90. The Morgan fingerprint density at radius 1 is 1.17 bits per heavy atom. The predicted octanol–water partition coefficient (Wildman–Crippen LogP) is 5.50. The molecule has 0 bridgehead atoms. The summed E-state index contributed by atoms with van der Waals surface area (Å²) in [5.41, 5.74) is 6.86. The largest absolute Gasteiger partial charge is 0.374 e. The molecule has 132 valence electrons. The molecule has 2 aromatic rings. The van der Waals surface area contributed by atoms with Gasteiger partial charge in [0.25, 0.3) is 0 Å². The minimum atomic E-state index is -0.412. The van der Waals surface area contributed by atoms with Gasteiger partial charge in [0.05, 0.1) is 0 Å². The van der Waals surface area contributed by atoms with Crippen molar-refractivity contribution in [3.05, 3.63) is 58.7 Å². The highest BCUT2D eigenvalue weighted by atomic mass is 19.1. The molecule has 0 unspecified atom stereocenters. The summed E-state index contributed by atoms with van der Waals surface area (Å²) in [7, 11) is 2.20. The van der Waals surface area contributed by atoms with Gasteiger partial charge in [-0.25, -0.2) is 4.98 Å². The van der Waals surface area contributed by atoms with Gasteiger partial charge in [-0.15, -0.1) is 0 Å². The molecule has 0 spiro atoms. The van der Waals surface area contributed by atoms with Crippen molar-refractivity contribution in [3.63, 3.8) is 0 Å². The molecule has 24 heavy (non-hydrogen) atoms. The Kier molecular flexibility index (Phi) is 8.45. The van der Waals surface area contributed by atoms with Crippen molar-refractivity contribution in [3.8, 4) is 0 Å². The van der Waals surface area contributed by atoms with Gasteiger partial charge in [0.15, 0.2) is 0 Å². The number of hydrogen-bond donors (Lipinski definition) is 0. The van der Waals surface area contributed by atoms with Crippen LogP contribution in [0.3, 0.4) is 0 Å². The first-order valence-electron chi connectivity index (χ1n) is 8.93. The van der Waals surface area contributed by atoms with E-state index < -0.39 is 5.95 Å². The van der Waals surface area contributed by atoms with E-state index in [1.54, 1.807) is 11.6 Å². The highest BCUT2D eigenvalue weighted by molar-refractivity contribution is 5.61. The summed E-state index contributed by atoms with van der Waals surface area (Å²) in [6.45, 7) is 11.5. The fraction of sp³-hybridized carbons (Fsp3) is 0.476. The fourth-order valence-electron chi connectivity index (χ4n) is 2.99. The van der Waals surface area contributed by atoms with E-state index in [2.05, 4.69) is 42.9 Å². The van der Waals surface area contributed by atoms with Gasteiger partial charge < -0.3 is 4.90 Å². The zero-order valence-corrected chi connectivity index (χ0v) is 16.0. The van der Waals surface area contributed by atoms with Crippen molar-refractivity contribution in [2.45, 2.75) is 53.9 Å². The molecule has 2 heterocycles. The number of aryl methyl sites for hydroxylation is 4. The third kappa shape index (κ3) is 5.63. The number of benzene rings is 1. The summed E-state index contributed by atoms with van der Waals surface area (Å²) in [6, 6.07) is 7.86. The van der Waals surface area contributed by atoms with Crippen LogP contribution in [0.25, 0.3) is 0 Å². The molecule has 2 nitrogen and oxygen atoms in total. The average Bonchev–Trinajstić information content (AvgIpc) is 2.56. The van der Waals surface area contributed by atoms with E-state index in [1.807, 2.05) is 20.8 Å². The van der Waals surface area contributed by atoms with Crippen molar-refractivity contribution >= 4 is 5.69 Å². The van der Waals surface area contributed by atoms with Crippen LogP contribution in [0.1, 0.15) is 49.4 Å². The van der Waals surface area contributed by atoms with Gasteiger partial charge >= 0.3 is 0 Å². The molecule has 3 rings (SSSR count). The molecule has 1 aliphatic rings. The maximum Gasteiger partial charge on any atom is 0.213 e. The van der Waals surface area contributed by atoms with E-state index in [0.717, 1.165) is 12.0 Å². The normalized spacial score (nSPS) is 12.4. The summed E-state index contributed by atoms with van der Waals surface area (Å²) >= 11 is 0. The van der Waals surface area contributed by atoms with Crippen molar-refractivity contribution in [1.29, 1.82) is 0 Å². The first-order valence-corrected chi connectivity index (χ1v) is 8.93. The van der Waals surface area contributed by atoms with Crippen LogP contribution in [0.2, 0.25) is 0 Å². The van der Waals surface area contributed by atoms with Crippen LogP contribution in [-0.4, -0.2) is 18.6 Å². The molecule has 1 aliphatic heterocycles. The first kappa shape index (κ1) is 20.1. The standard InChI is InChI=1S/C13H19N.C6H6FN.C2H6/c1-4-11-8-10(2)13-12(9-11)6-5-7-14(13)3;1-5-2-3-8-6(7)4-5;1-2/h8-9H,4-7H2,1-3H3;2-4H,1H3;1-2H3. The molecule has 0 N–H and O–H groups in total. The van der Waals surface area contributed by atoms with Crippen LogP contribution in [-0.2, 0) is 12.8 Å². The number of rotatable bonds is 1. The number of anilines is 1. The number of hydrogen-bond acceptors (Lipinski definition) is 2. The molecule has 0 radical (unpaired) electrons. The van der Waals surface area contributed by atoms with E-state index in [9.17, 15) is 4.39 Å². The molecule has 0 saturated carbocycles. The summed E-state index contributed by atoms with van der Waals surface area (Å²) in [5.74, 6) is -0.412. The maximum atomic E-state index is 12.1. The van der Waals surface area contributed by atoms with Crippen LogP contribution >= 0.6 is 0 Å². The third-order valence-electron chi connectivity index (χ3n) is 4.05. The summed E-state index contributed by atoms with van der Waals surface area (Å²) in [4.78, 5) is 5.77. The number of nitrogens with zero attached hydrogens (tertiary/aromatic N) is 2. The summed E-state index contributed by atoms with van der Waals surface area (Å²) in [5, 5.41) is 0. The number of fused-ring (bicyclic) bond motifs is 1. The minimum Gasteiger partial charge on any atom is -0.374 e. The van der Waals surface area contributed by atoms with Crippen molar-refractivity contribution < 1.29 is 4.39 Å². The van der Waals surface area contributed by atoms with Gasteiger partial charge in [0.2, 0.25) is 5.95 Å². The van der Waals surface area contributed by atoms with Gasteiger partial charge in [-0.2, -0.15) is 4.39 Å². The minimum absolute atomic E-state index is 0.412. The fourth-order valence-corrected chi connectivity index (χ4v) is 2.99. The SMILES string of the molecule is CC.CCc1cc(C)c2c(c1)CCCN2C.Cc1ccnc(F)c1. The van der Waals surface area contributed by atoms with E-state index in [4.69, 9.17) is 0 Å². The lowest BCUT2D eigenvalue weighted by Gasteiger charge is -2.29. The van der Waals surface area contributed by atoms with Crippen LogP contribution < -0.4 is 4.90 Å². The van der Waals surface area contributed by atoms with Crippen LogP contribution in [0, 0.1) is 19.8 Å². The Bertz CT molecular complexity index is 620. The second kappa shape index (κ2) is 10.1. The topological polar surface area (TPSA) is 16.1 Å². The lowest BCUT2D eigenvalue weighted by Crippen LogP contribution is -2.25. The van der Waals surface area contributed by atoms with Crippen LogP contribution in [0.5, 0.6) is 0 Å². The molecule has 0 aliphatic carbocycles. The molecule has 0 fully saturated rings. The zero-order chi connectivity index (χ0) is 18.1. The van der Waals surface area contributed by atoms with Gasteiger partial charge in [-0.3, -0.25) is 0 Å². The number of halogens is 1. The van der Waals surface area contributed by atoms with Gasteiger partial charge in [-0.05, 0) is 67.5 Å². The highest BCUT2D eigenvalue weighted by Crippen LogP contribution is 2.30. The maximum absolute atomic E-state index is 12.1. The van der Waals surface area contributed by atoms with Crippen LogP contribution in [0.4, 0.5) is 10.1 Å². The highest BCUT2D eigenvalue weighted by Gasteiger charge is 2.16. The van der Waals surface area contributed by atoms with E-state index in [0.29, 0.717) is 0 Å². The van der Waals surface area contributed by atoms with Crippen molar-refractivity contribution in [1.82, 2.24) is 4.98 Å². The monoisotopic (exact) mass is 330 g/mol. The van der Waals surface area contributed by atoms with Gasteiger partial charge in [0, 0.05) is 25.5 Å². The second-order valence-corrected chi connectivity index (χ2v) is 5.96. The lowest BCUT2D eigenvalue weighted by molar-refractivity contribution is 0.582. The van der Waals surface area contributed by atoms with Gasteiger partial charge in [0.1, 0.15) is 0 Å². The van der Waals surface area contributed by atoms with Gasteiger partial charge in [-0.1, -0.05) is 32.9 Å². The summed E-state index contributed by atoms with van der Waals surface area (Å²) < 4.78 is 12.1. The number of aromatic nitrogens is 1. The second-order valence-electron chi connectivity index (χ2n) is 5.96. The lowest BCUT2D eigenvalue weighted by atomic mass is 9.95. The average molecular weight is 330 g/mol. The quantitative estimate of drug-likeness (QED) is 0.642. The van der Waals surface area contributed by atoms with E-state index in [-0.39, 0.29) is 0 Å². The Labute approximate surface area is 146 Å². The molecule has 0 amide bonds. The smallest absolute Gasteiger partial charge is 0.213 e. The zero-order valence-electron chi connectivity index (χ0n) is 16.0. The molecule has 3 heteroatoms. The number of pyridine rings is 1. The van der Waals surface area contributed by atoms with E-state index in [1.165, 1.54) is 48.5 Å². The Morgan fingerprint density at radius 3 is 2.42 bits per heavy atom. The molecular weight excluding hydrogens is 299 g/mol. The molecule has 1 aromatic heterocycles. The third-order valence-corrected chi connectivity index (χ3v) is 4.05. The molecule has 0 atom stereocenters. The van der Waals surface area contributed by atoms with Crippen LogP contribution in [0.15, 0.2) is 30.5 Å². The molecule has 1 aromatic carbocycles. The van der Waals surface area contributed by atoms with Crippen molar-refractivity contribution in [2.75, 3.05) is 18.5 Å². The summed E-state index contributed by atoms with van der Waals surface area (Å²) in [6.07, 6.45) is 5.16. The first-order chi connectivity index (χ1) is 11.5. The Morgan fingerprint density at radius 2 is 1.88 bits per heavy atom. The predicted molar refractivity (Wildman–Crippen MR) is 102 cm³/mol. The molecular formula is C21H31FN2. The van der Waals surface area contributed by atoms with Crippen molar-refractivity contribution in [2.24, 2.45) is 0 Å². The van der Waals surface area contributed by atoms with E-state index >= 15 is 0 Å². The Balaban J connectivity index is 0.000000245.